The van der Waals surface area contributed by atoms with Crippen LogP contribution in [0.1, 0.15) is 11.1 Å². The van der Waals surface area contributed by atoms with Crippen LogP contribution in [-0.2, 0) is 60.9 Å². The first-order valence-electron chi connectivity index (χ1n) is 11.0. The molecule has 36 heavy (non-hydrogen) atoms. The first-order chi connectivity index (χ1) is 16.9. The lowest BCUT2D eigenvalue weighted by Gasteiger charge is -2.48. The van der Waals surface area contributed by atoms with E-state index in [1.54, 1.807) is 60.7 Å². The van der Waals surface area contributed by atoms with Crippen LogP contribution in [0.2, 0.25) is 0 Å². The fraction of sp³-hybridized carbons (Fsp3) is 0.417. The predicted molar refractivity (Wildman–Crippen MR) is 128 cm³/mol. The van der Waals surface area contributed by atoms with Crippen LogP contribution in [0.25, 0.3) is 0 Å². The Bertz CT molecular complexity index is 1140. The van der Waals surface area contributed by atoms with E-state index in [1.165, 1.54) is 0 Å². The number of carbonyl (C=O) groups excluding carboxylic acids is 2. The zero-order valence-electron chi connectivity index (χ0n) is 19.8. The molecular formula is C24H28O10S2. The number of rotatable bonds is 12. The van der Waals surface area contributed by atoms with Crippen molar-refractivity contribution in [3.05, 3.63) is 71.8 Å². The molecule has 2 aromatic carbocycles. The number of ether oxygens (including phenoxy) is 2. The lowest BCUT2D eigenvalue weighted by molar-refractivity contribution is -0.188. The predicted octanol–water partition coefficient (Wildman–Crippen LogP) is 1.90. The highest BCUT2D eigenvalue weighted by molar-refractivity contribution is 7.86. The van der Waals surface area contributed by atoms with E-state index in [0.717, 1.165) is 12.5 Å². The molecule has 1 fully saturated rings. The van der Waals surface area contributed by atoms with Crippen molar-refractivity contribution in [2.75, 3.05) is 25.7 Å². The summed E-state index contributed by atoms with van der Waals surface area (Å²) in [6.45, 7) is -1.04. The van der Waals surface area contributed by atoms with Gasteiger partial charge in [0.05, 0.1) is 37.6 Å². The average molecular weight is 541 g/mol. The fourth-order valence-electron chi connectivity index (χ4n) is 4.07. The summed E-state index contributed by atoms with van der Waals surface area (Å²) >= 11 is 0. The van der Waals surface area contributed by atoms with Gasteiger partial charge in [0.1, 0.15) is 13.2 Å². The minimum absolute atomic E-state index is 0.0634. The molecule has 0 amide bonds. The van der Waals surface area contributed by atoms with Crippen LogP contribution in [0.3, 0.4) is 0 Å². The highest BCUT2D eigenvalue weighted by Crippen LogP contribution is 2.48. The number of benzene rings is 2. The summed E-state index contributed by atoms with van der Waals surface area (Å²) in [6, 6.07) is 17.7. The standard InChI is InChI=1S/C24H28O10S2/c1-35(27,28)33-15-19-20(16-34-36(2,29)30)22(24(26)32-14-18-11-7-4-8-12-18)21(19)23(25)31-13-17-9-5-3-6-10-17/h3-12,19-22H,13-16H2,1-2H3/t19-,20-,21-,22-/m0/s1. The van der Waals surface area contributed by atoms with E-state index < -0.39 is 69.1 Å². The van der Waals surface area contributed by atoms with Gasteiger partial charge in [-0.2, -0.15) is 16.8 Å². The van der Waals surface area contributed by atoms with Crippen LogP contribution in [-0.4, -0.2) is 54.5 Å². The molecule has 0 aliphatic heterocycles. The van der Waals surface area contributed by atoms with Crippen molar-refractivity contribution in [3.63, 3.8) is 0 Å². The third-order valence-corrected chi connectivity index (χ3v) is 6.93. The molecule has 2 aromatic rings. The molecule has 1 saturated carbocycles. The van der Waals surface area contributed by atoms with E-state index in [2.05, 4.69) is 0 Å². The van der Waals surface area contributed by atoms with E-state index in [0.29, 0.717) is 11.1 Å². The fourth-order valence-corrected chi connectivity index (χ4v) is 4.88. The van der Waals surface area contributed by atoms with Crippen molar-refractivity contribution in [1.29, 1.82) is 0 Å². The molecule has 0 unspecified atom stereocenters. The van der Waals surface area contributed by atoms with E-state index in [1.807, 2.05) is 0 Å². The Morgan fingerprint density at radius 2 is 0.972 bits per heavy atom. The van der Waals surface area contributed by atoms with Gasteiger partial charge in [0, 0.05) is 11.8 Å². The molecule has 0 bridgehead atoms. The molecule has 0 saturated heterocycles. The third-order valence-electron chi connectivity index (χ3n) is 5.80. The van der Waals surface area contributed by atoms with Gasteiger partial charge in [-0.05, 0) is 11.1 Å². The molecule has 0 N–H and O–H groups in total. The first kappa shape index (κ1) is 27.8. The van der Waals surface area contributed by atoms with Gasteiger partial charge in [-0.1, -0.05) is 60.7 Å². The summed E-state index contributed by atoms with van der Waals surface area (Å²) in [5.41, 5.74) is 1.43. The molecule has 3 rings (SSSR count). The zero-order chi connectivity index (χ0) is 26.3. The molecule has 10 nitrogen and oxygen atoms in total. The van der Waals surface area contributed by atoms with Gasteiger partial charge < -0.3 is 9.47 Å². The van der Waals surface area contributed by atoms with Gasteiger partial charge in [0.15, 0.2) is 0 Å². The zero-order valence-corrected chi connectivity index (χ0v) is 21.4. The van der Waals surface area contributed by atoms with E-state index in [-0.39, 0.29) is 13.2 Å². The van der Waals surface area contributed by atoms with Gasteiger partial charge in [-0.15, -0.1) is 0 Å². The molecule has 0 aromatic heterocycles. The smallest absolute Gasteiger partial charge is 0.310 e. The summed E-state index contributed by atoms with van der Waals surface area (Å²) in [5, 5.41) is 0. The molecule has 1 aliphatic rings. The van der Waals surface area contributed by atoms with Crippen molar-refractivity contribution in [1.82, 2.24) is 0 Å². The lowest BCUT2D eigenvalue weighted by atomic mass is 9.57. The number of carbonyl (C=O) groups is 2. The quantitative estimate of drug-likeness (QED) is 0.290. The van der Waals surface area contributed by atoms with Gasteiger partial charge >= 0.3 is 11.9 Å². The van der Waals surface area contributed by atoms with Crippen LogP contribution in [0.5, 0.6) is 0 Å². The van der Waals surface area contributed by atoms with Crippen molar-refractivity contribution in [2.45, 2.75) is 13.2 Å². The maximum Gasteiger partial charge on any atom is 0.310 e. The van der Waals surface area contributed by atoms with Crippen molar-refractivity contribution >= 4 is 32.2 Å². The normalized spacial score (nSPS) is 21.8. The van der Waals surface area contributed by atoms with E-state index in [4.69, 9.17) is 17.8 Å². The largest absolute Gasteiger partial charge is 0.461 e. The van der Waals surface area contributed by atoms with Crippen LogP contribution in [0.15, 0.2) is 60.7 Å². The van der Waals surface area contributed by atoms with Crippen molar-refractivity contribution in [2.24, 2.45) is 23.7 Å². The second kappa shape index (κ2) is 12.0. The molecule has 4 atom stereocenters. The summed E-state index contributed by atoms with van der Waals surface area (Å²) in [4.78, 5) is 26.2. The maximum atomic E-state index is 13.1. The molecule has 0 heterocycles. The summed E-state index contributed by atoms with van der Waals surface area (Å²) < 4.78 is 67.1. The van der Waals surface area contributed by atoms with Crippen LogP contribution >= 0.6 is 0 Å². The van der Waals surface area contributed by atoms with E-state index in [9.17, 15) is 26.4 Å². The Morgan fingerprint density at radius 3 is 1.28 bits per heavy atom. The first-order valence-corrected chi connectivity index (χ1v) is 14.7. The molecule has 196 valence electrons. The SMILES string of the molecule is CS(=O)(=O)OC[C@H]1[C@H](COS(C)(=O)=O)[C@H](C(=O)OCc2ccccc2)[C@H]1C(=O)OCc1ccccc1. The van der Waals surface area contributed by atoms with Crippen LogP contribution < -0.4 is 0 Å². The summed E-state index contributed by atoms with van der Waals surface area (Å²) in [7, 11) is -7.76. The number of hydrogen-bond acceptors (Lipinski definition) is 10. The number of esters is 2. The summed E-state index contributed by atoms with van der Waals surface area (Å²) in [6.07, 6.45) is 1.70. The lowest BCUT2D eigenvalue weighted by Crippen LogP contribution is -2.58. The van der Waals surface area contributed by atoms with Crippen molar-refractivity contribution < 1.29 is 44.3 Å². The average Bonchev–Trinajstić information content (AvgIpc) is 2.80. The van der Waals surface area contributed by atoms with E-state index >= 15 is 0 Å². The summed E-state index contributed by atoms with van der Waals surface area (Å²) in [5.74, 6) is -5.46. The minimum Gasteiger partial charge on any atom is -0.461 e. The topological polar surface area (TPSA) is 139 Å². The number of hydrogen-bond donors (Lipinski definition) is 0. The Balaban J connectivity index is 1.81. The van der Waals surface area contributed by atoms with Crippen LogP contribution in [0, 0.1) is 23.7 Å². The highest BCUT2D eigenvalue weighted by Gasteiger charge is 2.59. The Morgan fingerprint density at radius 1 is 0.639 bits per heavy atom. The Hall–Kier alpha value is -2.80. The monoisotopic (exact) mass is 540 g/mol. The van der Waals surface area contributed by atoms with Crippen molar-refractivity contribution in [3.8, 4) is 0 Å². The van der Waals surface area contributed by atoms with Gasteiger partial charge in [0.2, 0.25) is 0 Å². The molecule has 0 spiro atoms. The van der Waals surface area contributed by atoms with Gasteiger partial charge in [-0.25, -0.2) is 0 Å². The Kier molecular flexibility index (Phi) is 9.23. The van der Waals surface area contributed by atoms with Gasteiger partial charge in [0.25, 0.3) is 20.2 Å². The molecule has 1 aliphatic carbocycles. The Labute approximate surface area is 210 Å². The maximum absolute atomic E-state index is 13.1. The molecule has 0 radical (unpaired) electrons. The minimum atomic E-state index is -3.88. The van der Waals surface area contributed by atoms with Gasteiger partial charge in [-0.3, -0.25) is 18.0 Å². The molecular weight excluding hydrogens is 512 g/mol. The molecule has 12 heteroatoms. The third kappa shape index (κ3) is 8.12. The van der Waals surface area contributed by atoms with Crippen LogP contribution in [0.4, 0.5) is 0 Å². The highest BCUT2D eigenvalue weighted by atomic mass is 32.2. The second-order valence-electron chi connectivity index (χ2n) is 8.54. The second-order valence-corrected chi connectivity index (χ2v) is 11.8.